The number of carbonyl (C=O) groups is 1. The van der Waals surface area contributed by atoms with Crippen LogP contribution < -0.4 is 0 Å². The number of rotatable bonds is 5. The van der Waals surface area contributed by atoms with Gasteiger partial charge in [0.05, 0.1) is 19.6 Å². The summed E-state index contributed by atoms with van der Waals surface area (Å²) in [7, 11) is 0. The molecule has 0 saturated carbocycles. The number of terminal acetylenes is 1. The van der Waals surface area contributed by atoms with E-state index < -0.39 is 0 Å². The maximum atomic E-state index is 11.2. The van der Waals surface area contributed by atoms with Gasteiger partial charge in [-0.3, -0.25) is 4.79 Å². The molecule has 0 aromatic carbocycles. The van der Waals surface area contributed by atoms with Gasteiger partial charge in [0.1, 0.15) is 0 Å². The van der Waals surface area contributed by atoms with Crippen molar-refractivity contribution in [1.82, 2.24) is 0 Å². The fourth-order valence-electron chi connectivity index (χ4n) is 0.689. The molecular formula is C11H18O3. The van der Waals surface area contributed by atoms with E-state index >= 15 is 0 Å². The summed E-state index contributed by atoms with van der Waals surface area (Å²) in [6, 6.07) is 0. The molecule has 0 saturated heterocycles. The maximum absolute atomic E-state index is 11.2. The molecule has 0 heterocycles. The topological polar surface area (TPSA) is 46.5 Å². The molecule has 0 radical (unpaired) electrons. The average molecular weight is 198 g/mol. The fourth-order valence-corrected chi connectivity index (χ4v) is 0.689. The van der Waals surface area contributed by atoms with Crippen LogP contribution in [0.3, 0.4) is 0 Å². The molecule has 0 spiro atoms. The number of hydrogen-bond donors (Lipinski definition) is 1. The minimum atomic E-state index is -0.380. The minimum Gasteiger partial charge on any atom is -0.465 e. The lowest BCUT2D eigenvalue weighted by molar-refractivity contribution is -0.148. The Morgan fingerprint density at radius 3 is 2.64 bits per heavy atom. The van der Waals surface area contributed by atoms with Crippen molar-refractivity contribution in [3.05, 3.63) is 0 Å². The van der Waals surface area contributed by atoms with Crippen LogP contribution in [0.5, 0.6) is 0 Å². The number of aliphatic hydroxyl groups excluding tert-OH is 1. The number of carbonyl (C=O) groups excluding carboxylic acids is 1. The Morgan fingerprint density at radius 2 is 2.21 bits per heavy atom. The molecule has 0 aliphatic heterocycles. The van der Waals surface area contributed by atoms with Gasteiger partial charge >= 0.3 is 5.97 Å². The third-order valence-electron chi connectivity index (χ3n) is 1.81. The predicted molar refractivity (Wildman–Crippen MR) is 54.4 cm³/mol. The van der Waals surface area contributed by atoms with Crippen molar-refractivity contribution >= 4 is 5.97 Å². The van der Waals surface area contributed by atoms with Crippen LogP contribution in [0.15, 0.2) is 0 Å². The van der Waals surface area contributed by atoms with E-state index in [1.807, 2.05) is 13.8 Å². The molecule has 0 rings (SSSR count). The fraction of sp³-hybridized carbons (Fsp3) is 0.727. The van der Waals surface area contributed by atoms with Crippen molar-refractivity contribution < 1.29 is 14.6 Å². The number of aliphatic hydroxyl groups is 1. The number of esters is 1. The van der Waals surface area contributed by atoms with Crippen molar-refractivity contribution in [3.63, 3.8) is 0 Å². The van der Waals surface area contributed by atoms with E-state index in [0.717, 1.165) is 0 Å². The van der Waals surface area contributed by atoms with Gasteiger partial charge in [-0.15, -0.1) is 12.3 Å². The summed E-state index contributed by atoms with van der Waals surface area (Å²) in [6.45, 7) is 5.65. The Morgan fingerprint density at radius 1 is 1.64 bits per heavy atom. The van der Waals surface area contributed by atoms with Crippen molar-refractivity contribution in [3.8, 4) is 12.3 Å². The normalized spacial score (nSPS) is 13.1. The quantitative estimate of drug-likeness (QED) is 0.533. The molecule has 0 bridgehead atoms. The first-order valence-corrected chi connectivity index (χ1v) is 4.64. The van der Waals surface area contributed by atoms with E-state index in [4.69, 9.17) is 16.3 Å². The monoisotopic (exact) mass is 198 g/mol. The molecular weight excluding hydrogens is 180 g/mol. The highest BCUT2D eigenvalue weighted by molar-refractivity contribution is 5.70. The average Bonchev–Trinajstić information content (AvgIpc) is 2.15. The summed E-state index contributed by atoms with van der Waals surface area (Å²) in [5, 5.41) is 8.91. The van der Waals surface area contributed by atoms with E-state index in [1.165, 1.54) is 0 Å². The van der Waals surface area contributed by atoms with E-state index in [2.05, 4.69) is 5.92 Å². The Balaban J connectivity index is 3.81. The molecule has 1 unspecified atom stereocenters. The molecule has 0 aromatic heterocycles. The highest BCUT2D eigenvalue weighted by Gasteiger charge is 2.19. The van der Waals surface area contributed by atoms with Gasteiger partial charge in [-0.25, -0.2) is 0 Å². The van der Waals surface area contributed by atoms with Gasteiger partial charge in [-0.1, -0.05) is 20.8 Å². The second kappa shape index (κ2) is 5.66. The lowest BCUT2D eigenvalue weighted by atomic mass is 9.96. The van der Waals surface area contributed by atoms with Gasteiger partial charge in [0, 0.05) is 11.3 Å². The first-order chi connectivity index (χ1) is 6.41. The highest BCUT2D eigenvalue weighted by Crippen LogP contribution is 2.14. The predicted octanol–water partition coefficient (Wildman–Crippen LogP) is 1.21. The molecule has 3 heteroatoms. The molecule has 0 fully saturated rings. The van der Waals surface area contributed by atoms with Crippen LogP contribution in [0.25, 0.3) is 0 Å². The van der Waals surface area contributed by atoms with Crippen molar-refractivity contribution in [2.45, 2.75) is 27.2 Å². The Labute approximate surface area is 85.5 Å². The second-order valence-corrected chi connectivity index (χ2v) is 4.25. The second-order valence-electron chi connectivity index (χ2n) is 4.25. The Kier molecular flexibility index (Phi) is 5.26. The Hall–Kier alpha value is -1.01. The summed E-state index contributed by atoms with van der Waals surface area (Å²) in [5.74, 6) is 2.05. The van der Waals surface area contributed by atoms with Crippen LogP contribution in [0.2, 0.25) is 0 Å². The summed E-state index contributed by atoms with van der Waals surface area (Å²) in [4.78, 5) is 11.2. The molecule has 1 N–H and O–H groups in total. The highest BCUT2D eigenvalue weighted by atomic mass is 16.5. The van der Waals surface area contributed by atoms with E-state index in [1.54, 1.807) is 6.92 Å². The van der Waals surface area contributed by atoms with Crippen LogP contribution in [-0.2, 0) is 9.53 Å². The summed E-state index contributed by atoms with van der Waals surface area (Å²) in [6.07, 6.45) is 5.36. The molecule has 3 nitrogen and oxygen atoms in total. The zero-order valence-corrected chi connectivity index (χ0v) is 9.04. The van der Waals surface area contributed by atoms with Gasteiger partial charge in [0.25, 0.3) is 0 Å². The van der Waals surface area contributed by atoms with E-state index in [0.29, 0.717) is 0 Å². The van der Waals surface area contributed by atoms with Crippen LogP contribution >= 0.6 is 0 Å². The maximum Gasteiger partial charge on any atom is 0.307 e. The zero-order chi connectivity index (χ0) is 11.2. The lowest BCUT2D eigenvalue weighted by Gasteiger charge is -2.21. The molecule has 1 atom stereocenters. The summed E-state index contributed by atoms with van der Waals surface area (Å²) < 4.78 is 4.98. The molecule has 0 amide bonds. The zero-order valence-electron chi connectivity index (χ0n) is 9.04. The molecule has 0 aromatic rings. The first kappa shape index (κ1) is 13.0. The van der Waals surface area contributed by atoms with Gasteiger partial charge in [0.2, 0.25) is 0 Å². The Bertz CT molecular complexity index is 225. The SMILES string of the molecule is C#CC(C)CC(=O)OCC(C)(C)CO. The standard InChI is InChI=1S/C11H18O3/c1-5-9(2)6-10(13)14-8-11(3,4)7-12/h1,9,12H,6-8H2,2-4H3. The van der Waals surface area contributed by atoms with Gasteiger partial charge in [0.15, 0.2) is 0 Å². The third kappa shape index (κ3) is 5.60. The summed E-state index contributed by atoms with van der Waals surface area (Å²) in [5.41, 5.74) is -0.380. The van der Waals surface area contributed by atoms with Crippen LogP contribution in [0.1, 0.15) is 27.2 Å². The molecule has 0 aliphatic rings. The van der Waals surface area contributed by atoms with Gasteiger partial charge in [-0.2, -0.15) is 0 Å². The molecule has 80 valence electrons. The van der Waals surface area contributed by atoms with Gasteiger partial charge < -0.3 is 9.84 Å². The van der Waals surface area contributed by atoms with E-state index in [9.17, 15) is 4.79 Å². The van der Waals surface area contributed by atoms with Crippen LogP contribution in [-0.4, -0.2) is 24.3 Å². The minimum absolute atomic E-state index is 0.00896. The smallest absolute Gasteiger partial charge is 0.307 e. The molecule has 14 heavy (non-hydrogen) atoms. The third-order valence-corrected chi connectivity index (χ3v) is 1.81. The van der Waals surface area contributed by atoms with Crippen LogP contribution in [0.4, 0.5) is 0 Å². The van der Waals surface area contributed by atoms with Crippen LogP contribution in [0, 0.1) is 23.7 Å². The largest absolute Gasteiger partial charge is 0.465 e. The van der Waals surface area contributed by atoms with Crippen molar-refractivity contribution in [2.75, 3.05) is 13.2 Å². The number of hydrogen-bond acceptors (Lipinski definition) is 3. The van der Waals surface area contributed by atoms with Crippen molar-refractivity contribution in [2.24, 2.45) is 11.3 Å². The van der Waals surface area contributed by atoms with E-state index in [-0.39, 0.29) is 36.9 Å². The lowest BCUT2D eigenvalue weighted by Crippen LogP contribution is -2.25. The first-order valence-electron chi connectivity index (χ1n) is 4.64. The van der Waals surface area contributed by atoms with Crippen molar-refractivity contribution in [1.29, 1.82) is 0 Å². The molecule has 0 aliphatic carbocycles. The van der Waals surface area contributed by atoms with Gasteiger partial charge in [-0.05, 0) is 0 Å². The number of ether oxygens (including phenoxy) is 1. The summed E-state index contributed by atoms with van der Waals surface area (Å²) >= 11 is 0.